The maximum absolute atomic E-state index is 10.5. The summed E-state index contributed by atoms with van der Waals surface area (Å²) in [5.41, 5.74) is 8.49. The molecule has 0 amide bonds. The van der Waals surface area contributed by atoms with Crippen molar-refractivity contribution in [1.82, 2.24) is 0 Å². The van der Waals surface area contributed by atoms with Crippen molar-refractivity contribution in [3.8, 4) is 0 Å². The van der Waals surface area contributed by atoms with Gasteiger partial charge in [0, 0.05) is 12.1 Å². The molecule has 0 radical (unpaired) electrons. The Morgan fingerprint density at radius 3 is 2.76 bits per heavy atom. The van der Waals surface area contributed by atoms with Crippen LogP contribution in [0.4, 0.5) is 11.6 Å². The van der Waals surface area contributed by atoms with Gasteiger partial charge in [0.2, 0.25) is 0 Å². The number of aryl methyl sites for hydroxylation is 1. The van der Waals surface area contributed by atoms with Gasteiger partial charge in [-0.25, -0.2) is 0 Å². The number of anilines is 1. The van der Waals surface area contributed by atoms with Gasteiger partial charge in [0.1, 0.15) is 10.7 Å². The SMILES string of the molecule is Cc1ccc(N)c(Cc2ccc([N+](=O)[O-])o2)c1. The highest BCUT2D eigenvalue weighted by Gasteiger charge is 2.12. The minimum Gasteiger partial charge on any atom is -0.405 e. The molecule has 0 saturated carbocycles. The van der Waals surface area contributed by atoms with E-state index in [1.54, 1.807) is 6.07 Å². The highest BCUT2D eigenvalue weighted by molar-refractivity contribution is 5.49. The largest absolute Gasteiger partial charge is 0.433 e. The fourth-order valence-electron chi connectivity index (χ4n) is 1.64. The van der Waals surface area contributed by atoms with Gasteiger partial charge in [-0.05, 0) is 24.6 Å². The van der Waals surface area contributed by atoms with Crippen LogP contribution in [-0.4, -0.2) is 4.92 Å². The summed E-state index contributed by atoms with van der Waals surface area (Å²) >= 11 is 0. The van der Waals surface area contributed by atoms with Gasteiger partial charge in [-0.15, -0.1) is 0 Å². The third kappa shape index (κ3) is 2.44. The molecule has 5 nitrogen and oxygen atoms in total. The van der Waals surface area contributed by atoms with Crippen LogP contribution in [0.25, 0.3) is 0 Å². The number of nitrogens with zero attached hydrogens (tertiary/aromatic N) is 1. The maximum atomic E-state index is 10.5. The summed E-state index contributed by atoms with van der Waals surface area (Å²) in [6.45, 7) is 1.97. The first-order valence-corrected chi connectivity index (χ1v) is 5.14. The first-order valence-electron chi connectivity index (χ1n) is 5.14. The molecule has 0 aliphatic rings. The van der Waals surface area contributed by atoms with Crippen molar-refractivity contribution >= 4 is 11.6 Å². The van der Waals surface area contributed by atoms with Gasteiger partial charge in [0.05, 0.1) is 6.07 Å². The van der Waals surface area contributed by atoms with Gasteiger partial charge in [0.15, 0.2) is 0 Å². The third-order valence-electron chi connectivity index (χ3n) is 2.49. The van der Waals surface area contributed by atoms with Crippen LogP contribution < -0.4 is 5.73 Å². The second-order valence-corrected chi connectivity index (χ2v) is 3.88. The highest BCUT2D eigenvalue weighted by Crippen LogP contribution is 2.22. The Balaban J connectivity index is 2.25. The van der Waals surface area contributed by atoms with E-state index in [2.05, 4.69) is 0 Å². The summed E-state index contributed by atoms with van der Waals surface area (Å²) in [6.07, 6.45) is 0.460. The molecule has 0 saturated heterocycles. The Morgan fingerprint density at radius 1 is 1.35 bits per heavy atom. The van der Waals surface area contributed by atoms with E-state index < -0.39 is 4.92 Å². The van der Waals surface area contributed by atoms with Crippen molar-refractivity contribution in [3.63, 3.8) is 0 Å². The molecule has 0 aliphatic carbocycles. The summed E-state index contributed by atoms with van der Waals surface area (Å²) < 4.78 is 5.09. The lowest BCUT2D eigenvalue weighted by atomic mass is 10.1. The van der Waals surface area contributed by atoms with Crippen molar-refractivity contribution < 1.29 is 9.34 Å². The predicted octanol–water partition coefficient (Wildman–Crippen LogP) is 2.67. The Labute approximate surface area is 98.0 Å². The molecule has 0 fully saturated rings. The molecule has 1 heterocycles. The van der Waals surface area contributed by atoms with Gasteiger partial charge in [0.25, 0.3) is 0 Å². The normalized spacial score (nSPS) is 10.4. The predicted molar refractivity (Wildman–Crippen MR) is 63.8 cm³/mol. The number of nitro groups is 1. The number of rotatable bonds is 3. The monoisotopic (exact) mass is 232 g/mol. The minimum absolute atomic E-state index is 0.244. The average Bonchev–Trinajstić information content (AvgIpc) is 2.72. The first-order chi connectivity index (χ1) is 8.06. The fraction of sp³-hybridized carbons (Fsp3) is 0.167. The average molecular weight is 232 g/mol. The van der Waals surface area contributed by atoms with Crippen molar-refractivity contribution in [3.05, 3.63) is 57.3 Å². The zero-order chi connectivity index (χ0) is 12.4. The molecule has 1 aromatic heterocycles. The lowest BCUT2D eigenvalue weighted by Gasteiger charge is -2.04. The van der Waals surface area contributed by atoms with E-state index in [0.29, 0.717) is 17.9 Å². The molecule has 88 valence electrons. The van der Waals surface area contributed by atoms with E-state index in [9.17, 15) is 10.1 Å². The van der Waals surface area contributed by atoms with E-state index in [1.165, 1.54) is 6.07 Å². The smallest absolute Gasteiger partial charge is 0.405 e. The van der Waals surface area contributed by atoms with Crippen LogP contribution >= 0.6 is 0 Å². The van der Waals surface area contributed by atoms with Gasteiger partial charge >= 0.3 is 5.88 Å². The Morgan fingerprint density at radius 2 is 2.12 bits per heavy atom. The van der Waals surface area contributed by atoms with Crippen LogP contribution in [0, 0.1) is 17.0 Å². The second-order valence-electron chi connectivity index (χ2n) is 3.88. The molecule has 2 N–H and O–H groups in total. The van der Waals surface area contributed by atoms with Gasteiger partial charge in [-0.1, -0.05) is 17.7 Å². The van der Waals surface area contributed by atoms with E-state index >= 15 is 0 Å². The molecule has 5 heteroatoms. The van der Waals surface area contributed by atoms with Crippen LogP contribution in [0.3, 0.4) is 0 Å². The van der Waals surface area contributed by atoms with E-state index in [4.69, 9.17) is 10.2 Å². The molecule has 17 heavy (non-hydrogen) atoms. The van der Waals surface area contributed by atoms with Crippen molar-refractivity contribution in [2.24, 2.45) is 0 Å². The number of hydrogen-bond acceptors (Lipinski definition) is 4. The quantitative estimate of drug-likeness (QED) is 0.501. The minimum atomic E-state index is -0.552. The van der Waals surface area contributed by atoms with Crippen LogP contribution in [0.15, 0.2) is 34.7 Å². The molecular weight excluding hydrogens is 220 g/mol. The lowest BCUT2D eigenvalue weighted by molar-refractivity contribution is -0.402. The molecule has 0 atom stereocenters. The second kappa shape index (κ2) is 4.29. The van der Waals surface area contributed by atoms with Crippen molar-refractivity contribution in [1.29, 1.82) is 0 Å². The van der Waals surface area contributed by atoms with Gasteiger partial charge in [-0.2, -0.15) is 0 Å². The summed E-state index contributed by atoms with van der Waals surface area (Å²) in [4.78, 5) is 9.92. The number of nitrogens with two attached hydrogens (primary N) is 1. The Hall–Kier alpha value is -2.30. The summed E-state index contributed by atoms with van der Waals surface area (Å²) in [5, 5.41) is 10.5. The van der Waals surface area contributed by atoms with E-state index in [0.717, 1.165) is 11.1 Å². The van der Waals surface area contributed by atoms with Crippen LogP contribution in [0.5, 0.6) is 0 Å². The standard InChI is InChI=1S/C12H12N2O3/c1-8-2-4-11(13)9(6-8)7-10-3-5-12(17-10)14(15)16/h2-6H,7,13H2,1H3. The van der Waals surface area contributed by atoms with E-state index in [1.807, 2.05) is 25.1 Å². The van der Waals surface area contributed by atoms with Crippen molar-refractivity contribution in [2.45, 2.75) is 13.3 Å². The molecule has 0 aliphatic heterocycles. The molecule has 0 unspecified atom stereocenters. The number of furan rings is 1. The molecule has 0 spiro atoms. The number of benzene rings is 1. The van der Waals surface area contributed by atoms with Crippen LogP contribution in [-0.2, 0) is 6.42 Å². The molecule has 1 aromatic carbocycles. The maximum Gasteiger partial charge on any atom is 0.433 e. The van der Waals surface area contributed by atoms with E-state index in [-0.39, 0.29) is 5.88 Å². The summed E-state index contributed by atoms with van der Waals surface area (Å²) in [7, 11) is 0. The van der Waals surface area contributed by atoms with Gasteiger partial charge in [-0.3, -0.25) is 10.1 Å². The zero-order valence-corrected chi connectivity index (χ0v) is 9.34. The molecular formula is C12H12N2O3. The molecule has 2 rings (SSSR count). The summed E-state index contributed by atoms with van der Waals surface area (Å²) in [5.74, 6) is 0.292. The Bertz CT molecular complexity index is 561. The van der Waals surface area contributed by atoms with Crippen LogP contribution in [0.2, 0.25) is 0 Å². The number of hydrogen-bond donors (Lipinski definition) is 1. The van der Waals surface area contributed by atoms with Gasteiger partial charge < -0.3 is 10.2 Å². The highest BCUT2D eigenvalue weighted by atomic mass is 16.6. The Kier molecular flexibility index (Phi) is 2.82. The fourth-order valence-corrected chi connectivity index (χ4v) is 1.64. The summed E-state index contributed by atoms with van der Waals surface area (Å²) in [6, 6.07) is 8.64. The van der Waals surface area contributed by atoms with Crippen molar-refractivity contribution in [2.75, 3.05) is 5.73 Å². The molecule has 0 bridgehead atoms. The number of nitrogen functional groups attached to an aromatic ring is 1. The lowest BCUT2D eigenvalue weighted by Crippen LogP contribution is -1.95. The topological polar surface area (TPSA) is 82.3 Å². The zero-order valence-electron chi connectivity index (χ0n) is 9.34. The van der Waals surface area contributed by atoms with Crippen LogP contribution in [0.1, 0.15) is 16.9 Å². The third-order valence-corrected chi connectivity index (χ3v) is 2.49. The molecule has 2 aromatic rings. The first kappa shape index (κ1) is 11.2.